The number of benzene rings is 2. The third-order valence-electron chi connectivity index (χ3n) is 3.18. The molecule has 0 bridgehead atoms. The van der Waals surface area contributed by atoms with E-state index in [4.69, 9.17) is 0 Å². The standard InChI is InChI=1S/C16H13NO2S/c1-20(18,19)14-9-6-13(7-10-14)16-11-8-12-4-2-3-5-15(12)17-16/h2-11H,1H3. The summed E-state index contributed by atoms with van der Waals surface area (Å²) in [5, 5.41) is 1.09. The van der Waals surface area contributed by atoms with Crippen molar-refractivity contribution in [3.63, 3.8) is 0 Å². The van der Waals surface area contributed by atoms with Gasteiger partial charge >= 0.3 is 0 Å². The Bertz CT molecular complexity index is 868. The van der Waals surface area contributed by atoms with E-state index in [1.54, 1.807) is 24.3 Å². The summed E-state index contributed by atoms with van der Waals surface area (Å²) in [5.74, 6) is 0. The number of sulfone groups is 1. The second kappa shape index (κ2) is 4.72. The van der Waals surface area contributed by atoms with Crippen molar-refractivity contribution in [2.24, 2.45) is 0 Å². The van der Waals surface area contributed by atoms with Crippen molar-refractivity contribution in [3.8, 4) is 11.3 Å². The molecule has 0 saturated carbocycles. The van der Waals surface area contributed by atoms with Crippen molar-refractivity contribution in [2.45, 2.75) is 4.90 Å². The number of hydrogen-bond acceptors (Lipinski definition) is 3. The topological polar surface area (TPSA) is 47.0 Å². The molecular weight excluding hydrogens is 270 g/mol. The quantitative estimate of drug-likeness (QED) is 0.725. The normalized spacial score (nSPS) is 11.7. The average molecular weight is 283 g/mol. The number of nitrogens with zero attached hydrogens (tertiary/aromatic N) is 1. The molecule has 3 nitrogen and oxygen atoms in total. The molecule has 4 heteroatoms. The van der Waals surface area contributed by atoms with E-state index < -0.39 is 9.84 Å². The second-order valence-electron chi connectivity index (χ2n) is 4.69. The molecule has 0 radical (unpaired) electrons. The first-order chi connectivity index (χ1) is 9.54. The fraction of sp³-hybridized carbons (Fsp3) is 0.0625. The van der Waals surface area contributed by atoms with Crippen LogP contribution >= 0.6 is 0 Å². The molecule has 0 amide bonds. The van der Waals surface area contributed by atoms with Gasteiger partial charge in [-0.15, -0.1) is 0 Å². The van der Waals surface area contributed by atoms with Crippen LogP contribution in [0.2, 0.25) is 0 Å². The molecule has 1 aromatic heterocycles. The van der Waals surface area contributed by atoms with E-state index in [1.807, 2.05) is 36.4 Å². The Kier molecular flexibility index (Phi) is 3.03. The summed E-state index contributed by atoms with van der Waals surface area (Å²) >= 11 is 0. The summed E-state index contributed by atoms with van der Waals surface area (Å²) in [6.07, 6.45) is 1.20. The van der Waals surface area contributed by atoms with Gasteiger partial charge in [0.25, 0.3) is 0 Å². The number of aromatic nitrogens is 1. The highest BCUT2D eigenvalue weighted by Gasteiger charge is 2.07. The van der Waals surface area contributed by atoms with E-state index in [1.165, 1.54) is 6.26 Å². The second-order valence-corrected chi connectivity index (χ2v) is 6.70. The molecule has 0 unspecified atom stereocenters. The van der Waals surface area contributed by atoms with Gasteiger partial charge in [0.2, 0.25) is 0 Å². The van der Waals surface area contributed by atoms with Crippen LogP contribution in [0, 0.1) is 0 Å². The van der Waals surface area contributed by atoms with Crippen molar-refractivity contribution >= 4 is 20.7 Å². The molecule has 0 aliphatic carbocycles. The van der Waals surface area contributed by atoms with E-state index in [-0.39, 0.29) is 0 Å². The first-order valence-corrected chi connectivity index (χ1v) is 8.09. The monoisotopic (exact) mass is 283 g/mol. The molecule has 2 aromatic carbocycles. The summed E-state index contributed by atoms with van der Waals surface area (Å²) in [7, 11) is -3.16. The van der Waals surface area contributed by atoms with Crippen LogP contribution in [-0.2, 0) is 9.84 Å². The van der Waals surface area contributed by atoms with Crippen molar-refractivity contribution in [3.05, 3.63) is 60.7 Å². The molecule has 20 heavy (non-hydrogen) atoms. The SMILES string of the molecule is CS(=O)(=O)c1ccc(-c2ccc3ccccc3n2)cc1. The summed E-state index contributed by atoms with van der Waals surface area (Å²) < 4.78 is 22.9. The lowest BCUT2D eigenvalue weighted by atomic mass is 10.1. The van der Waals surface area contributed by atoms with Crippen LogP contribution in [0.4, 0.5) is 0 Å². The van der Waals surface area contributed by atoms with E-state index >= 15 is 0 Å². The van der Waals surface area contributed by atoms with Crippen molar-refractivity contribution < 1.29 is 8.42 Å². The lowest BCUT2D eigenvalue weighted by Crippen LogP contribution is -1.96. The Labute approximate surface area is 117 Å². The first-order valence-electron chi connectivity index (χ1n) is 6.20. The van der Waals surface area contributed by atoms with E-state index in [9.17, 15) is 8.42 Å². The van der Waals surface area contributed by atoms with Gasteiger partial charge in [-0.25, -0.2) is 13.4 Å². The van der Waals surface area contributed by atoms with Crippen LogP contribution in [0.5, 0.6) is 0 Å². The maximum Gasteiger partial charge on any atom is 0.175 e. The van der Waals surface area contributed by atoms with E-state index in [0.717, 1.165) is 22.2 Å². The molecular formula is C16H13NO2S. The summed E-state index contributed by atoms with van der Waals surface area (Å²) in [5.41, 5.74) is 2.67. The van der Waals surface area contributed by atoms with Gasteiger partial charge in [0.1, 0.15) is 0 Å². The highest BCUT2D eigenvalue weighted by Crippen LogP contribution is 2.22. The number of hydrogen-bond donors (Lipinski definition) is 0. The third-order valence-corrected chi connectivity index (χ3v) is 4.31. The zero-order valence-electron chi connectivity index (χ0n) is 10.9. The molecule has 0 saturated heterocycles. The minimum Gasteiger partial charge on any atom is -0.248 e. The molecule has 0 fully saturated rings. The Morgan fingerprint density at radius 1 is 0.850 bits per heavy atom. The van der Waals surface area contributed by atoms with Gasteiger partial charge in [-0.2, -0.15) is 0 Å². The largest absolute Gasteiger partial charge is 0.248 e. The van der Waals surface area contributed by atoms with Crippen LogP contribution < -0.4 is 0 Å². The molecule has 0 N–H and O–H groups in total. The van der Waals surface area contributed by atoms with Crippen molar-refractivity contribution in [1.29, 1.82) is 0 Å². The summed E-state index contributed by atoms with van der Waals surface area (Å²) in [6, 6.07) is 18.7. The third kappa shape index (κ3) is 2.42. The highest BCUT2D eigenvalue weighted by atomic mass is 32.2. The number of rotatable bonds is 2. The van der Waals surface area contributed by atoms with Crippen LogP contribution in [0.15, 0.2) is 65.6 Å². The molecule has 0 spiro atoms. The van der Waals surface area contributed by atoms with Gasteiger partial charge in [-0.05, 0) is 24.3 Å². The van der Waals surface area contributed by atoms with Crippen molar-refractivity contribution in [2.75, 3.05) is 6.26 Å². The predicted molar refractivity (Wildman–Crippen MR) is 80.3 cm³/mol. The predicted octanol–water partition coefficient (Wildman–Crippen LogP) is 3.31. The Hall–Kier alpha value is -2.20. The fourth-order valence-electron chi connectivity index (χ4n) is 2.10. The molecule has 0 atom stereocenters. The zero-order valence-corrected chi connectivity index (χ0v) is 11.8. The van der Waals surface area contributed by atoms with Gasteiger partial charge in [0.05, 0.1) is 16.1 Å². The average Bonchev–Trinajstić information content (AvgIpc) is 2.46. The van der Waals surface area contributed by atoms with Crippen LogP contribution in [0.25, 0.3) is 22.2 Å². The number of pyridine rings is 1. The number of para-hydroxylation sites is 1. The van der Waals surface area contributed by atoms with Crippen molar-refractivity contribution in [1.82, 2.24) is 4.98 Å². The lowest BCUT2D eigenvalue weighted by molar-refractivity contribution is 0.602. The Balaban J connectivity index is 2.07. The van der Waals surface area contributed by atoms with Crippen LogP contribution in [-0.4, -0.2) is 19.7 Å². The minimum absolute atomic E-state index is 0.321. The number of fused-ring (bicyclic) bond motifs is 1. The van der Waals surface area contributed by atoms with E-state index in [0.29, 0.717) is 4.90 Å². The Morgan fingerprint density at radius 2 is 1.55 bits per heavy atom. The minimum atomic E-state index is -3.16. The van der Waals surface area contributed by atoms with Gasteiger partial charge in [-0.1, -0.05) is 36.4 Å². The van der Waals surface area contributed by atoms with Gasteiger partial charge in [-0.3, -0.25) is 0 Å². The zero-order chi connectivity index (χ0) is 14.2. The molecule has 100 valence electrons. The summed E-state index contributed by atoms with van der Waals surface area (Å²) in [6.45, 7) is 0. The van der Waals surface area contributed by atoms with Crippen LogP contribution in [0.3, 0.4) is 0 Å². The Morgan fingerprint density at radius 3 is 2.25 bits per heavy atom. The summed E-state index contributed by atoms with van der Waals surface area (Å²) in [4.78, 5) is 4.91. The van der Waals surface area contributed by atoms with Crippen LogP contribution in [0.1, 0.15) is 0 Å². The molecule has 3 aromatic rings. The van der Waals surface area contributed by atoms with E-state index in [2.05, 4.69) is 4.98 Å². The van der Waals surface area contributed by atoms with Gasteiger partial charge < -0.3 is 0 Å². The maximum atomic E-state index is 11.4. The smallest absolute Gasteiger partial charge is 0.175 e. The molecule has 1 heterocycles. The maximum absolute atomic E-state index is 11.4. The first kappa shape index (κ1) is 12.8. The molecule has 0 aliphatic heterocycles. The lowest BCUT2D eigenvalue weighted by Gasteiger charge is -2.04. The van der Waals surface area contributed by atoms with Gasteiger partial charge in [0.15, 0.2) is 9.84 Å². The molecule has 0 aliphatic rings. The fourth-order valence-corrected chi connectivity index (χ4v) is 2.73. The van der Waals surface area contributed by atoms with Gasteiger partial charge in [0, 0.05) is 17.2 Å². The molecule has 3 rings (SSSR count). The highest BCUT2D eigenvalue weighted by molar-refractivity contribution is 7.90.